The Labute approximate surface area is 80.2 Å². The Morgan fingerprint density at radius 1 is 1.42 bits per heavy atom. The van der Waals surface area contributed by atoms with E-state index in [1.165, 1.54) is 0 Å². The van der Waals surface area contributed by atoms with Crippen LogP contribution in [0.5, 0.6) is 5.75 Å². The van der Waals surface area contributed by atoms with Crippen LogP contribution in [0.2, 0.25) is 10.0 Å². The van der Waals surface area contributed by atoms with E-state index in [4.69, 9.17) is 33.7 Å². The van der Waals surface area contributed by atoms with Crippen LogP contribution in [0, 0.1) is 0 Å². The molecule has 0 saturated carbocycles. The van der Waals surface area contributed by atoms with Gasteiger partial charge >= 0.3 is 0 Å². The van der Waals surface area contributed by atoms with Crippen LogP contribution in [0.3, 0.4) is 0 Å². The van der Waals surface area contributed by atoms with Crippen LogP contribution in [0.4, 0.5) is 0 Å². The molecule has 12 heavy (non-hydrogen) atoms. The van der Waals surface area contributed by atoms with Gasteiger partial charge in [-0.2, -0.15) is 0 Å². The fourth-order valence-electron chi connectivity index (χ4n) is 1.25. The van der Waals surface area contributed by atoms with Crippen LogP contribution in [0.1, 0.15) is 11.6 Å². The van der Waals surface area contributed by atoms with Gasteiger partial charge in [0.05, 0.1) is 11.1 Å². The summed E-state index contributed by atoms with van der Waals surface area (Å²) in [6.07, 6.45) is 0. The number of fused-ring (bicyclic) bond motifs is 1. The van der Waals surface area contributed by atoms with Gasteiger partial charge in [0.15, 0.2) is 0 Å². The van der Waals surface area contributed by atoms with Gasteiger partial charge in [-0.3, -0.25) is 0 Å². The lowest BCUT2D eigenvalue weighted by Crippen LogP contribution is -2.10. The van der Waals surface area contributed by atoms with Gasteiger partial charge in [-0.1, -0.05) is 29.3 Å². The van der Waals surface area contributed by atoms with E-state index >= 15 is 0 Å². The van der Waals surface area contributed by atoms with Gasteiger partial charge in [0.25, 0.3) is 0 Å². The van der Waals surface area contributed by atoms with E-state index in [2.05, 4.69) is 0 Å². The highest BCUT2D eigenvalue weighted by Crippen LogP contribution is 2.41. The Morgan fingerprint density at radius 2 is 2.17 bits per heavy atom. The van der Waals surface area contributed by atoms with Crippen molar-refractivity contribution in [3.8, 4) is 5.75 Å². The molecule has 2 nitrogen and oxygen atoms in total. The predicted octanol–water partition coefficient (Wildman–Crippen LogP) is 2.39. The first-order chi connectivity index (χ1) is 5.70. The monoisotopic (exact) mass is 203 g/mol. The van der Waals surface area contributed by atoms with Crippen LogP contribution < -0.4 is 10.5 Å². The fourth-order valence-corrected chi connectivity index (χ4v) is 1.62. The first kappa shape index (κ1) is 8.17. The topological polar surface area (TPSA) is 35.2 Å². The van der Waals surface area contributed by atoms with Gasteiger partial charge in [-0.15, -0.1) is 0 Å². The highest BCUT2D eigenvalue weighted by Gasteiger charge is 2.23. The molecule has 1 aromatic rings. The molecule has 1 atom stereocenters. The summed E-state index contributed by atoms with van der Waals surface area (Å²) in [6, 6.07) is 3.51. The molecule has 0 amide bonds. The third-order valence-corrected chi connectivity index (χ3v) is 2.67. The molecule has 0 saturated heterocycles. The fraction of sp³-hybridized carbons (Fsp3) is 0.250. The molecular weight excluding hydrogens is 197 g/mol. The number of rotatable bonds is 0. The largest absolute Gasteiger partial charge is 0.490 e. The van der Waals surface area contributed by atoms with Crippen LogP contribution in [0.15, 0.2) is 12.1 Å². The second-order valence-corrected chi connectivity index (χ2v) is 3.48. The molecule has 1 aliphatic heterocycles. The molecule has 64 valence electrons. The van der Waals surface area contributed by atoms with Crippen LogP contribution >= 0.6 is 23.2 Å². The summed E-state index contributed by atoms with van der Waals surface area (Å²) in [5, 5.41) is 0.964. The summed E-state index contributed by atoms with van der Waals surface area (Å²) >= 11 is 11.7. The molecule has 0 spiro atoms. The van der Waals surface area contributed by atoms with Gasteiger partial charge in [-0.25, -0.2) is 0 Å². The minimum atomic E-state index is -0.0743. The molecule has 1 aliphatic rings. The molecule has 0 fully saturated rings. The SMILES string of the molecule is N[C@H]1COc2c1ccc(Cl)c2Cl. The van der Waals surface area contributed by atoms with Crippen molar-refractivity contribution in [2.45, 2.75) is 6.04 Å². The van der Waals surface area contributed by atoms with Gasteiger partial charge in [0, 0.05) is 5.56 Å². The Morgan fingerprint density at radius 3 is 2.92 bits per heavy atom. The lowest BCUT2D eigenvalue weighted by molar-refractivity contribution is 0.333. The first-order valence-corrected chi connectivity index (χ1v) is 4.32. The van der Waals surface area contributed by atoms with E-state index in [9.17, 15) is 0 Å². The zero-order chi connectivity index (χ0) is 8.72. The Balaban J connectivity index is 2.60. The van der Waals surface area contributed by atoms with Gasteiger partial charge in [0.2, 0.25) is 0 Å². The van der Waals surface area contributed by atoms with Crippen molar-refractivity contribution >= 4 is 23.2 Å². The van der Waals surface area contributed by atoms with E-state index < -0.39 is 0 Å². The number of hydrogen-bond donors (Lipinski definition) is 1. The van der Waals surface area contributed by atoms with Crippen LogP contribution in [-0.4, -0.2) is 6.61 Å². The standard InChI is InChI=1S/C8H7Cl2NO/c9-5-2-1-4-6(11)3-12-8(4)7(5)10/h1-2,6H,3,11H2/t6-/m0/s1. The summed E-state index contributed by atoms with van der Waals surface area (Å²) in [5.74, 6) is 0.636. The predicted molar refractivity (Wildman–Crippen MR) is 48.9 cm³/mol. The number of benzene rings is 1. The van der Waals surface area contributed by atoms with E-state index in [-0.39, 0.29) is 6.04 Å². The maximum Gasteiger partial charge on any atom is 0.144 e. The second-order valence-electron chi connectivity index (χ2n) is 2.70. The van der Waals surface area contributed by atoms with Crippen molar-refractivity contribution in [3.63, 3.8) is 0 Å². The first-order valence-electron chi connectivity index (χ1n) is 3.56. The molecule has 1 aromatic carbocycles. The summed E-state index contributed by atoms with van der Waals surface area (Å²) in [6.45, 7) is 0.482. The third-order valence-electron chi connectivity index (χ3n) is 1.89. The number of nitrogens with two attached hydrogens (primary N) is 1. The normalized spacial score (nSPS) is 20.4. The summed E-state index contributed by atoms with van der Waals surface area (Å²) in [4.78, 5) is 0. The second kappa shape index (κ2) is 2.80. The van der Waals surface area contributed by atoms with Crippen molar-refractivity contribution in [2.24, 2.45) is 5.73 Å². The Hall–Kier alpha value is -0.440. The Kier molecular flexibility index (Phi) is 1.91. The maximum atomic E-state index is 5.89. The molecule has 4 heteroatoms. The molecular formula is C8H7Cl2NO. The molecule has 0 aromatic heterocycles. The van der Waals surface area contributed by atoms with E-state index in [0.29, 0.717) is 22.4 Å². The van der Waals surface area contributed by atoms with Crippen molar-refractivity contribution in [2.75, 3.05) is 6.61 Å². The minimum Gasteiger partial charge on any atom is -0.490 e. The van der Waals surface area contributed by atoms with Crippen molar-refractivity contribution < 1.29 is 4.74 Å². The van der Waals surface area contributed by atoms with Crippen LogP contribution in [-0.2, 0) is 0 Å². The summed E-state index contributed by atoms with van der Waals surface area (Å²) in [7, 11) is 0. The molecule has 0 bridgehead atoms. The highest BCUT2D eigenvalue weighted by molar-refractivity contribution is 6.43. The molecule has 2 N–H and O–H groups in total. The van der Waals surface area contributed by atoms with Crippen LogP contribution in [0.25, 0.3) is 0 Å². The van der Waals surface area contributed by atoms with Crippen molar-refractivity contribution in [1.82, 2.24) is 0 Å². The number of ether oxygens (including phenoxy) is 1. The molecule has 0 radical (unpaired) electrons. The smallest absolute Gasteiger partial charge is 0.144 e. The zero-order valence-corrected chi connectivity index (χ0v) is 7.69. The van der Waals surface area contributed by atoms with E-state index in [1.807, 2.05) is 6.07 Å². The van der Waals surface area contributed by atoms with Gasteiger partial charge in [-0.05, 0) is 6.07 Å². The average molecular weight is 204 g/mol. The van der Waals surface area contributed by atoms with E-state index in [1.54, 1.807) is 6.07 Å². The summed E-state index contributed by atoms with van der Waals surface area (Å²) in [5.41, 5.74) is 6.67. The molecule has 0 unspecified atom stereocenters. The third kappa shape index (κ3) is 1.07. The maximum absolute atomic E-state index is 5.89. The van der Waals surface area contributed by atoms with Crippen molar-refractivity contribution in [3.05, 3.63) is 27.7 Å². The lowest BCUT2D eigenvalue weighted by Gasteiger charge is -2.03. The number of hydrogen-bond acceptors (Lipinski definition) is 2. The molecule has 0 aliphatic carbocycles. The summed E-state index contributed by atoms with van der Waals surface area (Å²) < 4.78 is 5.28. The molecule has 2 rings (SSSR count). The Bertz CT molecular complexity index is 327. The van der Waals surface area contributed by atoms with E-state index in [0.717, 1.165) is 5.56 Å². The zero-order valence-electron chi connectivity index (χ0n) is 6.18. The lowest BCUT2D eigenvalue weighted by atomic mass is 10.1. The minimum absolute atomic E-state index is 0.0743. The average Bonchev–Trinajstić information content (AvgIpc) is 2.41. The van der Waals surface area contributed by atoms with Crippen molar-refractivity contribution in [1.29, 1.82) is 0 Å². The molecule has 1 heterocycles. The highest BCUT2D eigenvalue weighted by atomic mass is 35.5. The van der Waals surface area contributed by atoms with Gasteiger partial charge < -0.3 is 10.5 Å². The van der Waals surface area contributed by atoms with Gasteiger partial charge in [0.1, 0.15) is 17.4 Å². The quantitative estimate of drug-likeness (QED) is 0.704. The number of halogens is 2.